The van der Waals surface area contributed by atoms with E-state index < -0.39 is 0 Å². The van der Waals surface area contributed by atoms with Gasteiger partial charge in [-0.05, 0) is 56.6 Å². The van der Waals surface area contributed by atoms with Gasteiger partial charge in [0.05, 0.1) is 0 Å². The van der Waals surface area contributed by atoms with Gasteiger partial charge in [0, 0.05) is 0 Å². The minimum Gasteiger partial charge on any atom is -0.0890 e. The number of hydrogen-bond acceptors (Lipinski definition) is 0. The van der Waals surface area contributed by atoms with Crippen LogP contribution in [0.3, 0.4) is 0 Å². The third kappa shape index (κ3) is 1.62. The molecule has 86 valence electrons. The lowest BCUT2D eigenvalue weighted by Gasteiger charge is -2.07. The Labute approximate surface area is 113 Å². The van der Waals surface area contributed by atoms with Crippen LogP contribution >= 0.6 is 0 Å². The molecular formula is C18H11B. The molecule has 0 heterocycles. The first-order chi connectivity index (χ1) is 9.31. The second-order valence-electron chi connectivity index (χ2n) is 4.97. The first-order valence-electron chi connectivity index (χ1n) is 6.42. The molecule has 0 fully saturated rings. The number of rotatable bonds is 0. The third-order valence-electron chi connectivity index (χ3n) is 3.74. The summed E-state index contributed by atoms with van der Waals surface area (Å²) >= 11 is 0. The van der Waals surface area contributed by atoms with Crippen LogP contribution in [0.5, 0.6) is 0 Å². The summed E-state index contributed by atoms with van der Waals surface area (Å²) in [6, 6.07) is 23.4. The zero-order valence-electron chi connectivity index (χ0n) is 10.4. The maximum absolute atomic E-state index is 6.06. The minimum atomic E-state index is 0.840. The summed E-state index contributed by atoms with van der Waals surface area (Å²) in [5.41, 5.74) is 0.840. The number of fused-ring (bicyclic) bond motifs is 3. The zero-order chi connectivity index (χ0) is 12.8. The molecule has 0 bridgehead atoms. The predicted molar refractivity (Wildman–Crippen MR) is 84.3 cm³/mol. The van der Waals surface area contributed by atoms with E-state index in [0.29, 0.717) is 0 Å². The van der Waals surface area contributed by atoms with Crippen molar-refractivity contribution in [3.63, 3.8) is 0 Å². The second-order valence-corrected chi connectivity index (χ2v) is 4.97. The van der Waals surface area contributed by atoms with Gasteiger partial charge in [0.2, 0.25) is 0 Å². The second kappa shape index (κ2) is 3.86. The Morgan fingerprint density at radius 2 is 1.11 bits per heavy atom. The van der Waals surface area contributed by atoms with E-state index in [2.05, 4.69) is 54.6 Å². The minimum absolute atomic E-state index is 0.840. The van der Waals surface area contributed by atoms with Crippen LogP contribution in [0, 0.1) is 0 Å². The van der Waals surface area contributed by atoms with Crippen LogP contribution < -0.4 is 5.46 Å². The van der Waals surface area contributed by atoms with Gasteiger partial charge in [-0.2, -0.15) is 0 Å². The van der Waals surface area contributed by atoms with E-state index in [-0.39, 0.29) is 0 Å². The molecule has 0 nitrogen and oxygen atoms in total. The monoisotopic (exact) mass is 238 g/mol. The summed E-state index contributed by atoms with van der Waals surface area (Å²) < 4.78 is 0. The maximum atomic E-state index is 6.06. The van der Waals surface area contributed by atoms with Crippen LogP contribution in [0.15, 0.2) is 66.7 Å². The Morgan fingerprint density at radius 3 is 1.84 bits per heavy atom. The van der Waals surface area contributed by atoms with Crippen LogP contribution in [0.25, 0.3) is 32.3 Å². The molecular weight excluding hydrogens is 227 g/mol. The number of hydrogen-bond donors (Lipinski definition) is 0. The largest absolute Gasteiger partial charge is 0.114 e. The van der Waals surface area contributed by atoms with E-state index >= 15 is 0 Å². The van der Waals surface area contributed by atoms with Gasteiger partial charge in [0.25, 0.3) is 0 Å². The van der Waals surface area contributed by atoms with Crippen molar-refractivity contribution in [1.82, 2.24) is 0 Å². The molecule has 19 heavy (non-hydrogen) atoms. The van der Waals surface area contributed by atoms with Crippen molar-refractivity contribution in [2.24, 2.45) is 0 Å². The lowest BCUT2D eigenvalue weighted by atomic mass is 9.88. The van der Waals surface area contributed by atoms with E-state index in [1.807, 2.05) is 12.1 Å². The Kier molecular flexibility index (Phi) is 2.16. The van der Waals surface area contributed by atoms with Gasteiger partial charge >= 0.3 is 0 Å². The Hall–Kier alpha value is -2.28. The van der Waals surface area contributed by atoms with Gasteiger partial charge in [-0.15, -0.1) is 0 Å². The standard InChI is InChI=1S/C18H11B/c19-18-7-3-6-14-10-15-8-12-4-1-2-5-13(12)9-16(15)11-17(14)18/h1-11H. The van der Waals surface area contributed by atoms with Crippen molar-refractivity contribution in [1.29, 1.82) is 0 Å². The Balaban J connectivity index is 2.20. The molecule has 2 radical (unpaired) electrons. The highest BCUT2D eigenvalue weighted by Crippen LogP contribution is 2.26. The SMILES string of the molecule is [B]c1cccc2cc3cc4ccccc4cc3cc12. The normalized spacial score (nSPS) is 11.4. The van der Waals surface area contributed by atoms with E-state index in [1.165, 1.54) is 26.9 Å². The molecule has 0 aliphatic carbocycles. The van der Waals surface area contributed by atoms with Crippen LogP contribution in [-0.4, -0.2) is 7.85 Å². The number of benzene rings is 4. The van der Waals surface area contributed by atoms with Crippen LogP contribution in [0.2, 0.25) is 0 Å². The average molecular weight is 238 g/mol. The van der Waals surface area contributed by atoms with Crippen LogP contribution in [-0.2, 0) is 0 Å². The summed E-state index contributed by atoms with van der Waals surface area (Å²) in [6.07, 6.45) is 0. The van der Waals surface area contributed by atoms with E-state index in [4.69, 9.17) is 7.85 Å². The molecule has 0 unspecified atom stereocenters. The van der Waals surface area contributed by atoms with E-state index in [1.54, 1.807) is 0 Å². The topological polar surface area (TPSA) is 0 Å². The molecule has 0 N–H and O–H groups in total. The fraction of sp³-hybridized carbons (Fsp3) is 0. The van der Waals surface area contributed by atoms with Gasteiger partial charge < -0.3 is 0 Å². The molecule has 0 aromatic heterocycles. The molecule has 4 rings (SSSR count). The zero-order valence-corrected chi connectivity index (χ0v) is 10.4. The summed E-state index contributed by atoms with van der Waals surface area (Å²) in [7, 11) is 6.06. The van der Waals surface area contributed by atoms with Crippen LogP contribution in [0.4, 0.5) is 0 Å². The fourth-order valence-electron chi connectivity index (χ4n) is 2.74. The highest BCUT2D eigenvalue weighted by atomic mass is 14.0. The molecule has 0 saturated heterocycles. The van der Waals surface area contributed by atoms with Crippen molar-refractivity contribution in [3.05, 3.63) is 66.7 Å². The Morgan fingerprint density at radius 1 is 0.526 bits per heavy atom. The van der Waals surface area contributed by atoms with E-state index in [0.717, 1.165) is 10.8 Å². The van der Waals surface area contributed by atoms with Gasteiger partial charge in [0.1, 0.15) is 7.85 Å². The quantitative estimate of drug-likeness (QED) is 0.321. The predicted octanol–water partition coefficient (Wildman–Crippen LogP) is 3.94. The summed E-state index contributed by atoms with van der Waals surface area (Å²) in [5.74, 6) is 0. The van der Waals surface area contributed by atoms with Crippen LogP contribution in [0.1, 0.15) is 0 Å². The molecule has 0 atom stereocenters. The Bertz CT molecular complexity index is 922. The van der Waals surface area contributed by atoms with Crippen molar-refractivity contribution in [2.45, 2.75) is 0 Å². The van der Waals surface area contributed by atoms with Crippen molar-refractivity contribution < 1.29 is 0 Å². The average Bonchev–Trinajstić information content (AvgIpc) is 2.44. The first-order valence-corrected chi connectivity index (χ1v) is 6.42. The fourth-order valence-corrected chi connectivity index (χ4v) is 2.74. The van der Waals surface area contributed by atoms with Gasteiger partial charge in [0.15, 0.2) is 0 Å². The van der Waals surface area contributed by atoms with Gasteiger partial charge in [-0.3, -0.25) is 0 Å². The van der Waals surface area contributed by atoms with Gasteiger partial charge in [-0.25, -0.2) is 0 Å². The molecule has 4 aromatic carbocycles. The summed E-state index contributed by atoms with van der Waals surface area (Å²) in [5, 5.41) is 7.37. The lowest BCUT2D eigenvalue weighted by molar-refractivity contribution is 1.79. The molecule has 0 saturated carbocycles. The van der Waals surface area contributed by atoms with Crippen molar-refractivity contribution >= 4 is 45.6 Å². The van der Waals surface area contributed by atoms with Gasteiger partial charge in [-0.1, -0.05) is 47.9 Å². The smallest absolute Gasteiger partial charge is 0.0890 e. The highest BCUT2D eigenvalue weighted by Gasteiger charge is 2.02. The first kappa shape index (κ1) is 10.6. The lowest BCUT2D eigenvalue weighted by Crippen LogP contribution is -2.02. The highest BCUT2D eigenvalue weighted by molar-refractivity contribution is 6.39. The van der Waals surface area contributed by atoms with E-state index in [9.17, 15) is 0 Å². The molecule has 0 aliphatic rings. The molecule has 0 aliphatic heterocycles. The molecule has 0 amide bonds. The molecule has 4 aromatic rings. The molecule has 1 heteroatoms. The third-order valence-corrected chi connectivity index (χ3v) is 3.74. The van der Waals surface area contributed by atoms with Crippen molar-refractivity contribution in [3.8, 4) is 0 Å². The molecule has 0 spiro atoms. The maximum Gasteiger partial charge on any atom is 0.114 e. The summed E-state index contributed by atoms with van der Waals surface area (Å²) in [4.78, 5) is 0. The van der Waals surface area contributed by atoms with Crippen molar-refractivity contribution in [2.75, 3.05) is 0 Å². The summed E-state index contributed by atoms with van der Waals surface area (Å²) in [6.45, 7) is 0.